The molecule has 0 aliphatic carbocycles. The summed E-state index contributed by atoms with van der Waals surface area (Å²) in [5.74, 6) is -0.721. The van der Waals surface area contributed by atoms with Crippen LogP contribution in [0.1, 0.15) is 17.2 Å². The van der Waals surface area contributed by atoms with Crippen LogP contribution in [0.5, 0.6) is 0 Å². The lowest BCUT2D eigenvalue weighted by Crippen LogP contribution is -2.29. The number of hydrogen-bond acceptors (Lipinski definition) is 2. The van der Waals surface area contributed by atoms with Gasteiger partial charge in [-0.1, -0.05) is 41.4 Å². The smallest absolute Gasteiger partial charge is 0.224 e. The van der Waals surface area contributed by atoms with Crippen molar-refractivity contribution in [1.82, 2.24) is 5.32 Å². The Balaban J connectivity index is 1.93. The number of aliphatic hydroxyl groups is 1. The Bertz CT molecular complexity index is 659. The quantitative estimate of drug-likeness (QED) is 0.873. The molecule has 2 rings (SSSR count). The maximum Gasteiger partial charge on any atom is 0.224 e. The Morgan fingerprint density at radius 3 is 2.45 bits per heavy atom. The molecule has 2 N–H and O–H groups in total. The summed E-state index contributed by atoms with van der Waals surface area (Å²) in [4.78, 5) is 11.8. The fourth-order valence-electron chi connectivity index (χ4n) is 2.04. The molecule has 2 aromatic rings. The molecule has 0 aliphatic rings. The summed E-state index contributed by atoms with van der Waals surface area (Å²) in [6.45, 7) is -0.0302. The molecular weight excluding hydrogens is 328 g/mol. The molecule has 0 spiro atoms. The first-order valence-electron chi connectivity index (χ1n) is 6.60. The lowest BCUT2D eigenvalue weighted by atomic mass is 10.1. The number of aliphatic hydroxyl groups excluding tert-OH is 1. The summed E-state index contributed by atoms with van der Waals surface area (Å²) < 4.78 is 13.0. The Kier molecular flexibility index (Phi) is 5.77. The lowest BCUT2D eigenvalue weighted by Gasteiger charge is -2.15. The molecule has 2 aromatic carbocycles. The van der Waals surface area contributed by atoms with Crippen molar-refractivity contribution in [3.8, 4) is 0 Å². The van der Waals surface area contributed by atoms with E-state index in [0.717, 1.165) is 0 Å². The van der Waals surface area contributed by atoms with Crippen molar-refractivity contribution in [2.24, 2.45) is 0 Å². The first kappa shape index (κ1) is 16.7. The van der Waals surface area contributed by atoms with Crippen LogP contribution in [-0.2, 0) is 11.2 Å². The summed E-state index contributed by atoms with van der Waals surface area (Å²) >= 11 is 12.0. The van der Waals surface area contributed by atoms with Crippen molar-refractivity contribution in [3.05, 3.63) is 69.5 Å². The van der Waals surface area contributed by atoms with E-state index >= 15 is 0 Å². The molecule has 116 valence electrons. The minimum Gasteiger partial charge on any atom is -0.386 e. The van der Waals surface area contributed by atoms with Gasteiger partial charge in [-0.2, -0.15) is 0 Å². The normalized spacial score (nSPS) is 12.0. The first-order valence-corrected chi connectivity index (χ1v) is 7.36. The Hall–Kier alpha value is -1.62. The topological polar surface area (TPSA) is 49.3 Å². The summed E-state index contributed by atoms with van der Waals surface area (Å²) in [6.07, 6.45) is -0.988. The van der Waals surface area contributed by atoms with Crippen LogP contribution in [0.4, 0.5) is 4.39 Å². The van der Waals surface area contributed by atoms with Gasteiger partial charge in [0.25, 0.3) is 0 Å². The van der Waals surface area contributed by atoms with E-state index in [2.05, 4.69) is 5.32 Å². The van der Waals surface area contributed by atoms with E-state index in [0.29, 0.717) is 21.2 Å². The highest BCUT2D eigenvalue weighted by atomic mass is 35.5. The summed E-state index contributed by atoms with van der Waals surface area (Å²) in [7, 11) is 0. The van der Waals surface area contributed by atoms with Crippen LogP contribution in [0, 0.1) is 5.82 Å². The Morgan fingerprint density at radius 2 is 1.82 bits per heavy atom. The van der Waals surface area contributed by atoms with Crippen molar-refractivity contribution in [2.45, 2.75) is 12.5 Å². The third-order valence-corrected chi connectivity index (χ3v) is 3.74. The Morgan fingerprint density at radius 1 is 1.18 bits per heavy atom. The molecule has 0 bridgehead atoms. The second-order valence-electron chi connectivity index (χ2n) is 4.76. The van der Waals surface area contributed by atoms with Gasteiger partial charge in [-0.15, -0.1) is 0 Å². The molecule has 0 heterocycles. The zero-order chi connectivity index (χ0) is 16.1. The van der Waals surface area contributed by atoms with Crippen LogP contribution >= 0.6 is 23.2 Å². The second-order valence-corrected chi connectivity index (χ2v) is 5.58. The van der Waals surface area contributed by atoms with Gasteiger partial charge in [-0.3, -0.25) is 4.79 Å². The van der Waals surface area contributed by atoms with Crippen LogP contribution in [0.15, 0.2) is 42.5 Å². The zero-order valence-corrected chi connectivity index (χ0v) is 13.0. The van der Waals surface area contributed by atoms with Crippen LogP contribution in [0.3, 0.4) is 0 Å². The second kappa shape index (κ2) is 7.58. The molecule has 0 saturated carbocycles. The molecule has 0 radical (unpaired) electrons. The SMILES string of the molecule is O=C(Cc1cccc(F)c1)NCC(O)c1c(Cl)cccc1Cl. The number of carbonyl (C=O) groups excluding carboxylic acids is 1. The molecule has 22 heavy (non-hydrogen) atoms. The molecule has 1 atom stereocenters. The predicted octanol–water partition coefficient (Wildman–Crippen LogP) is 3.52. The standard InChI is InChI=1S/C16H14Cl2FNO2/c17-12-5-2-6-13(18)16(12)14(21)9-20-15(22)8-10-3-1-4-11(19)7-10/h1-7,14,21H,8-9H2,(H,20,22). The van der Waals surface area contributed by atoms with E-state index in [1.807, 2.05) is 0 Å². The molecule has 0 saturated heterocycles. The molecule has 3 nitrogen and oxygen atoms in total. The average molecular weight is 342 g/mol. The van der Waals surface area contributed by atoms with Crippen molar-refractivity contribution < 1.29 is 14.3 Å². The minimum atomic E-state index is -1.02. The van der Waals surface area contributed by atoms with Crippen LogP contribution in [-0.4, -0.2) is 17.6 Å². The summed E-state index contributed by atoms with van der Waals surface area (Å²) in [5.41, 5.74) is 0.930. The maximum atomic E-state index is 13.0. The average Bonchev–Trinajstić information content (AvgIpc) is 2.45. The number of amides is 1. The molecular formula is C16H14Cl2FNO2. The molecule has 1 amide bonds. The van der Waals surface area contributed by atoms with Gasteiger partial charge < -0.3 is 10.4 Å². The molecule has 0 aromatic heterocycles. The summed E-state index contributed by atoms with van der Waals surface area (Å²) in [6, 6.07) is 10.7. The molecule has 1 unspecified atom stereocenters. The van der Waals surface area contributed by atoms with Crippen LogP contribution < -0.4 is 5.32 Å². The van der Waals surface area contributed by atoms with Gasteiger partial charge in [0.15, 0.2) is 0 Å². The van der Waals surface area contributed by atoms with E-state index in [1.54, 1.807) is 24.3 Å². The number of rotatable bonds is 5. The van der Waals surface area contributed by atoms with E-state index in [4.69, 9.17) is 23.2 Å². The van der Waals surface area contributed by atoms with Crippen LogP contribution in [0.2, 0.25) is 10.0 Å². The van der Waals surface area contributed by atoms with E-state index < -0.39 is 11.9 Å². The third-order valence-electron chi connectivity index (χ3n) is 3.08. The van der Waals surface area contributed by atoms with Crippen molar-refractivity contribution in [3.63, 3.8) is 0 Å². The highest BCUT2D eigenvalue weighted by Gasteiger charge is 2.16. The van der Waals surface area contributed by atoms with Gasteiger partial charge in [0.2, 0.25) is 5.91 Å². The lowest BCUT2D eigenvalue weighted by molar-refractivity contribution is -0.120. The van der Waals surface area contributed by atoms with Gasteiger partial charge in [-0.25, -0.2) is 4.39 Å². The zero-order valence-electron chi connectivity index (χ0n) is 11.5. The van der Waals surface area contributed by atoms with Crippen molar-refractivity contribution >= 4 is 29.1 Å². The number of carbonyl (C=O) groups is 1. The highest BCUT2D eigenvalue weighted by Crippen LogP contribution is 2.29. The fraction of sp³-hybridized carbons (Fsp3) is 0.188. The number of benzene rings is 2. The van der Waals surface area contributed by atoms with Crippen molar-refractivity contribution in [2.75, 3.05) is 6.54 Å². The van der Waals surface area contributed by atoms with Gasteiger partial charge in [0.05, 0.1) is 12.5 Å². The van der Waals surface area contributed by atoms with Gasteiger partial charge in [-0.05, 0) is 29.8 Å². The predicted molar refractivity (Wildman–Crippen MR) is 84.5 cm³/mol. The minimum absolute atomic E-state index is 0.0285. The first-order chi connectivity index (χ1) is 10.5. The van der Waals surface area contributed by atoms with Crippen molar-refractivity contribution in [1.29, 1.82) is 0 Å². The maximum absolute atomic E-state index is 13.0. The number of nitrogens with one attached hydrogen (secondary N) is 1. The number of halogens is 3. The summed E-state index contributed by atoms with van der Waals surface area (Å²) in [5, 5.41) is 13.3. The van der Waals surface area contributed by atoms with Gasteiger partial charge in [0, 0.05) is 22.2 Å². The van der Waals surface area contributed by atoms with E-state index in [9.17, 15) is 14.3 Å². The third kappa shape index (κ3) is 4.44. The largest absolute Gasteiger partial charge is 0.386 e. The fourth-order valence-corrected chi connectivity index (χ4v) is 2.69. The van der Waals surface area contributed by atoms with Crippen LogP contribution in [0.25, 0.3) is 0 Å². The molecule has 6 heteroatoms. The van der Waals surface area contributed by atoms with Gasteiger partial charge >= 0.3 is 0 Å². The Labute approximate surface area is 137 Å². The number of hydrogen-bond donors (Lipinski definition) is 2. The molecule has 0 aliphatic heterocycles. The van der Waals surface area contributed by atoms with E-state index in [-0.39, 0.29) is 18.9 Å². The highest BCUT2D eigenvalue weighted by molar-refractivity contribution is 6.36. The molecule has 0 fully saturated rings. The monoisotopic (exact) mass is 341 g/mol. The van der Waals surface area contributed by atoms with E-state index in [1.165, 1.54) is 18.2 Å². The van der Waals surface area contributed by atoms with Gasteiger partial charge in [0.1, 0.15) is 5.82 Å².